The summed E-state index contributed by atoms with van der Waals surface area (Å²) in [4.78, 5) is 35.4. The van der Waals surface area contributed by atoms with Crippen molar-refractivity contribution in [2.75, 3.05) is 18.4 Å². The summed E-state index contributed by atoms with van der Waals surface area (Å²) in [6, 6.07) is 1.19. The number of likely N-dealkylation sites (tertiary alicyclic amines) is 1. The minimum Gasteiger partial charge on any atom is -0.364 e. The van der Waals surface area contributed by atoms with E-state index in [0.717, 1.165) is 32.4 Å². The van der Waals surface area contributed by atoms with Crippen molar-refractivity contribution in [1.82, 2.24) is 24.6 Å². The maximum atomic E-state index is 14.8. The quantitative estimate of drug-likeness (QED) is 0.682. The predicted molar refractivity (Wildman–Crippen MR) is 113 cm³/mol. The number of aromatic nitrogens is 4. The van der Waals surface area contributed by atoms with Gasteiger partial charge in [0, 0.05) is 25.5 Å². The van der Waals surface area contributed by atoms with E-state index in [-0.39, 0.29) is 35.4 Å². The monoisotopic (exact) mass is 428 g/mol. The summed E-state index contributed by atoms with van der Waals surface area (Å²) in [5.74, 6) is 0.229. The highest BCUT2D eigenvalue weighted by molar-refractivity contribution is 6.10. The Bertz CT molecular complexity index is 942. The Balaban J connectivity index is 1.47. The highest BCUT2D eigenvalue weighted by atomic mass is 19.1. The van der Waals surface area contributed by atoms with Crippen LogP contribution in [0.4, 0.5) is 10.2 Å². The van der Waals surface area contributed by atoms with Gasteiger partial charge in [0.1, 0.15) is 30.6 Å². The predicted octanol–water partition coefficient (Wildman–Crippen LogP) is 2.71. The van der Waals surface area contributed by atoms with Gasteiger partial charge in [-0.1, -0.05) is 20.3 Å². The minimum absolute atomic E-state index is 0.000168. The first-order valence-corrected chi connectivity index (χ1v) is 11.0. The van der Waals surface area contributed by atoms with Crippen LogP contribution in [-0.2, 0) is 11.3 Å². The van der Waals surface area contributed by atoms with E-state index >= 15 is 0 Å². The number of alkyl halides is 1. The lowest BCUT2D eigenvalue weighted by Crippen LogP contribution is -2.31. The number of nitrogens with zero attached hydrogens (tertiary/aromatic N) is 5. The zero-order valence-electron chi connectivity index (χ0n) is 18.0. The standard InChI is InChI=1S/C22H29FN6O2/c1-3-15-10-18(20(23)14(15)2)26-22-16(11-24-13-25-22)21(31)17-6-9-29(27-17)12-19(30)28-7-4-5-8-28/h6,9,11,13-15,18,20H,3-5,7-8,10,12H2,1-2H3,(H,24,25,26)/t14-,15+,18-,20+/m1/s1. The van der Waals surface area contributed by atoms with Gasteiger partial charge in [0.05, 0.1) is 11.6 Å². The van der Waals surface area contributed by atoms with Gasteiger partial charge in [0.2, 0.25) is 11.7 Å². The molecule has 31 heavy (non-hydrogen) atoms. The van der Waals surface area contributed by atoms with Gasteiger partial charge in [-0.2, -0.15) is 5.10 Å². The van der Waals surface area contributed by atoms with E-state index in [4.69, 9.17) is 0 Å². The molecule has 2 fully saturated rings. The molecule has 0 radical (unpaired) electrons. The van der Waals surface area contributed by atoms with Crippen LogP contribution in [0.2, 0.25) is 0 Å². The Morgan fingerprint density at radius 1 is 1.29 bits per heavy atom. The van der Waals surface area contributed by atoms with E-state index in [1.165, 1.54) is 17.2 Å². The van der Waals surface area contributed by atoms with Gasteiger partial charge in [-0.15, -0.1) is 0 Å². The van der Waals surface area contributed by atoms with Crippen LogP contribution in [0.3, 0.4) is 0 Å². The fourth-order valence-electron chi connectivity index (χ4n) is 4.67. The van der Waals surface area contributed by atoms with Gasteiger partial charge in [0.15, 0.2) is 0 Å². The number of amides is 1. The molecule has 0 aromatic carbocycles. The molecule has 0 bridgehead atoms. The van der Waals surface area contributed by atoms with Crippen LogP contribution in [0.5, 0.6) is 0 Å². The van der Waals surface area contributed by atoms with Crippen LogP contribution in [0.15, 0.2) is 24.8 Å². The third-order valence-electron chi connectivity index (χ3n) is 6.62. The Hall–Kier alpha value is -2.84. The first-order chi connectivity index (χ1) is 15.0. The topological polar surface area (TPSA) is 93.0 Å². The average molecular weight is 429 g/mol. The summed E-state index contributed by atoms with van der Waals surface area (Å²) in [5, 5.41) is 7.42. The highest BCUT2D eigenvalue weighted by Gasteiger charge is 2.40. The number of ketones is 1. The van der Waals surface area contributed by atoms with Crippen molar-refractivity contribution in [3.05, 3.63) is 36.0 Å². The van der Waals surface area contributed by atoms with Crippen molar-refractivity contribution in [1.29, 1.82) is 0 Å². The molecule has 1 amide bonds. The third-order valence-corrected chi connectivity index (χ3v) is 6.62. The SMILES string of the molecule is CC[C@H]1C[C@@H](Nc2ncncc2C(=O)c2ccn(CC(=O)N3CCCC3)n2)[C@@H](F)[C@@H]1C. The van der Waals surface area contributed by atoms with Crippen LogP contribution in [0.1, 0.15) is 55.6 Å². The zero-order valence-corrected chi connectivity index (χ0v) is 18.0. The molecule has 0 spiro atoms. The van der Waals surface area contributed by atoms with Crippen LogP contribution in [-0.4, -0.2) is 61.6 Å². The van der Waals surface area contributed by atoms with Crippen LogP contribution < -0.4 is 5.32 Å². The molecule has 4 atom stereocenters. The smallest absolute Gasteiger partial charge is 0.244 e. The first-order valence-electron chi connectivity index (χ1n) is 11.0. The Labute approximate surface area is 181 Å². The van der Waals surface area contributed by atoms with E-state index < -0.39 is 12.2 Å². The van der Waals surface area contributed by atoms with Gasteiger partial charge in [-0.3, -0.25) is 14.3 Å². The number of halogens is 1. The van der Waals surface area contributed by atoms with Gasteiger partial charge < -0.3 is 10.2 Å². The molecule has 1 saturated carbocycles. The minimum atomic E-state index is -1.00. The van der Waals surface area contributed by atoms with Gasteiger partial charge in [-0.05, 0) is 37.2 Å². The maximum absolute atomic E-state index is 14.8. The van der Waals surface area contributed by atoms with Crippen LogP contribution >= 0.6 is 0 Å². The van der Waals surface area contributed by atoms with E-state index in [1.807, 2.05) is 11.8 Å². The molecule has 3 heterocycles. The second kappa shape index (κ2) is 9.11. The number of hydrogen-bond donors (Lipinski definition) is 1. The molecule has 1 N–H and O–H groups in total. The van der Waals surface area contributed by atoms with E-state index in [1.54, 1.807) is 12.3 Å². The second-order valence-electron chi connectivity index (χ2n) is 8.56. The fraction of sp³-hybridized carbons (Fsp3) is 0.591. The van der Waals surface area contributed by atoms with Crippen molar-refractivity contribution in [3.8, 4) is 0 Å². The van der Waals surface area contributed by atoms with Crippen LogP contribution in [0.25, 0.3) is 0 Å². The third kappa shape index (κ3) is 4.45. The number of carbonyl (C=O) groups excluding carboxylic acids is 2. The van der Waals surface area contributed by atoms with Crippen molar-refractivity contribution in [3.63, 3.8) is 0 Å². The molecule has 2 aliphatic rings. The van der Waals surface area contributed by atoms with E-state index in [9.17, 15) is 14.0 Å². The summed E-state index contributed by atoms with van der Waals surface area (Å²) < 4.78 is 16.2. The van der Waals surface area contributed by atoms with Crippen molar-refractivity contribution in [2.45, 2.75) is 58.3 Å². The largest absolute Gasteiger partial charge is 0.364 e. The summed E-state index contributed by atoms with van der Waals surface area (Å²) in [6.45, 7) is 5.65. The van der Waals surface area contributed by atoms with Crippen molar-refractivity contribution < 1.29 is 14.0 Å². The lowest BCUT2D eigenvalue weighted by molar-refractivity contribution is -0.130. The molecule has 1 aliphatic carbocycles. The second-order valence-corrected chi connectivity index (χ2v) is 8.56. The highest BCUT2D eigenvalue weighted by Crippen LogP contribution is 2.37. The summed E-state index contributed by atoms with van der Waals surface area (Å²) >= 11 is 0. The van der Waals surface area contributed by atoms with E-state index in [0.29, 0.717) is 18.2 Å². The van der Waals surface area contributed by atoms with Crippen molar-refractivity contribution >= 4 is 17.5 Å². The van der Waals surface area contributed by atoms with E-state index in [2.05, 4.69) is 27.3 Å². The Morgan fingerprint density at radius 3 is 2.77 bits per heavy atom. The molecule has 2 aromatic heterocycles. The lowest BCUT2D eigenvalue weighted by Gasteiger charge is -2.18. The molecule has 0 unspecified atom stereocenters. The fourth-order valence-corrected chi connectivity index (χ4v) is 4.67. The maximum Gasteiger partial charge on any atom is 0.244 e. The van der Waals surface area contributed by atoms with Gasteiger partial charge >= 0.3 is 0 Å². The number of nitrogens with one attached hydrogen (secondary N) is 1. The normalized spacial score (nSPS) is 25.7. The molecule has 4 rings (SSSR count). The first kappa shape index (κ1) is 21.4. The zero-order chi connectivity index (χ0) is 22.0. The number of anilines is 1. The molecule has 1 saturated heterocycles. The summed E-state index contributed by atoms with van der Waals surface area (Å²) in [5.41, 5.74) is 0.452. The van der Waals surface area contributed by atoms with Crippen LogP contribution in [0, 0.1) is 11.8 Å². The Morgan fingerprint density at radius 2 is 2.06 bits per heavy atom. The molecular weight excluding hydrogens is 399 g/mol. The number of hydrogen-bond acceptors (Lipinski definition) is 6. The summed E-state index contributed by atoms with van der Waals surface area (Å²) in [6.07, 6.45) is 7.06. The van der Waals surface area contributed by atoms with Gasteiger partial charge in [-0.25, -0.2) is 14.4 Å². The molecule has 9 heteroatoms. The lowest BCUT2D eigenvalue weighted by atomic mass is 9.95. The van der Waals surface area contributed by atoms with Gasteiger partial charge in [0.25, 0.3) is 0 Å². The molecule has 1 aliphatic heterocycles. The molecule has 166 valence electrons. The molecule has 8 nitrogen and oxygen atoms in total. The summed E-state index contributed by atoms with van der Waals surface area (Å²) in [7, 11) is 0. The Kier molecular flexibility index (Phi) is 6.29. The average Bonchev–Trinajstić information content (AvgIpc) is 3.52. The molecule has 2 aromatic rings. The van der Waals surface area contributed by atoms with Crippen molar-refractivity contribution in [2.24, 2.45) is 11.8 Å². The molecular formula is C22H29FN6O2. The number of rotatable bonds is 7. The number of carbonyl (C=O) groups is 2.